The maximum atomic E-state index is 13.9. The van der Waals surface area contributed by atoms with E-state index in [1.165, 1.54) is 6.07 Å². The van der Waals surface area contributed by atoms with E-state index < -0.39 is 5.97 Å². The molecule has 0 N–H and O–H groups in total. The summed E-state index contributed by atoms with van der Waals surface area (Å²) in [6, 6.07) is 22.5. The van der Waals surface area contributed by atoms with Gasteiger partial charge in [-0.25, -0.2) is 9.37 Å². The summed E-state index contributed by atoms with van der Waals surface area (Å²) >= 11 is 1.58. The molecule has 0 saturated carbocycles. The summed E-state index contributed by atoms with van der Waals surface area (Å²) in [5.41, 5.74) is 5.53. The molecule has 1 atom stereocenters. The van der Waals surface area contributed by atoms with Crippen LogP contribution in [0.15, 0.2) is 72.8 Å². The van der Waals surface area contributed by atoms with Crippen molar-refractivity contribution >= 4 is 40.8 Å². The van der Waals surface area contributed by atoms with Crippen molar-refractivity contribution < 1.29 is 48.6 Å². The smallest absolute Gasteiger partial charge is 0.550 e. The topological polar surface area (TPSA) is 62.2 Å². The third-order valence-corrected chi connectivity index (χ3v) is 7.06. The molecule has 0 aliphatic carbocycles. The first-order valence-corrected chi connectivity index (χ1v) is 12.0. The van der Waals surface area contributed by atoms with Gasteiger partial charge in [-0.2, -0.15) is 0 Å². The van der Waals surface area contributed by atoms with E-state index in [0.717, 1.165) is 33.7 Å². The molecule has 0 spiro atoms. The molecule has 35 heavy (non-hydrogen) atoms. The van der Waals surface area contributed by atoms with E-state index in [-0.39, 0.29) is 47.0 Å². The zero-order chi connectivity index (χ0) is 23.5. The van der Waals surface area contributed by atoms with Gasteiger partial charge in [-0.15, -0.1) is 11.8 Å². The third kappa shape index (κ3) is 5.78. The van der Waals surface area contributed by atoms with Gasteiger partial charge in [0.15, 0.2) is 0 Å². The largest absolute Gasteiger partial charge is 1.00 e. The Hall–Kier alpha value is -2.64. The number of nitrogens with zero attached hydrogens (tertiary/aromatic N) is 1. The number of pyridine rings is 1. The minimum atomic E-state index is -1.05. The minimum Gasteiger partial charge on any atom is -0.550 e. The Bertz CT molecular complexity index is 1410. The molecule has 0 bridgehead atoms. The van der Waals surface area contributed by atoms with Crippen molar-refractivity contribution in [2.24, 2.45) is 0 Å². The summed E-state index contributed by atoms with van der Waals surface area (Å²) in [6.45, 7) is 0.466. The number of carbonyl (C=O) groups is 1. The van der Waals surface area contributed by atoms with Crippen molar-refractivity contribution in [1.29, 1.82) is 0 Å². The van der Waals surface area contributed by atoms with Gasteiger partial charge in [0, 0.05) is 16.9 Å². The fourth-order valence-electron chi connectivity index (χ4n) is 4.10. The van der Waals surface area contributed by atoms with Crippen molar-refractivity contribution in [2.45, 2.75) is 18.3 Å². The van der Waals surface area contributed by atoms with Gasteiger partial charge in [0.1, 0.15) is 18.2 Å². The van der Waals surface area contributed by atoms with Crippen LogP contribution in [0.2, 0.25) is 0 Å². The fourth-order valence-corrected chi connectivity index (χ4v) is 5.39. The Morgan fingerprint density at radius 3 is 2.77 bits per heavy atom. The summed E-state index contributed by atoms with van der Waals surface area (Å²) in [7, 11) is 0. The molecule has 4 aromatic rings. The minimum absolute atomic E-state index is 0. The van der Waals surface area contributed by atoms with E-state index >= 15 is 0 Å². The predicted molar refractivity (Wildman–Crippen MR) is 132 cm³/mol. The number of carboxylic acids is 1. The number of benzene rings is 3. The van der Waals surface area contributed by atoms with Crippen molar-refractivity contribution in [2.75, 3.05) is 5.75 Å². The first-order valence-electron chi connectivity index (χ1n) is 11.0. The SMILES string of the molecule is O=C([O-])CCSC1c2ccccc2COc2ccc(C=Cc3ccc4c(F)cccc4n3)cc21.[Na+]. The number of hydrogen-bond donors (Lipinski definition) is 0. The molecule has 1 unspecified atom stereocenters. The van der Waals surface area contributed by atoms with Crippen LogP contribution in [0.25, 0.3) is 23.1 Å². The first kappa shape index (κ1) is 25.5. The average molecular weight is 494 g/mol. The molecule has 0 saturated heterocycles. The number of rotatable bonds is 6. The van der Waals surface area contributed by atoms with Crippen molar-refractivity contribution in [3.63, 3.8) is 0 Å². The molecule has 0 radical (unpaired) electrons. The van der Waals surface area contributed by atoms with E-state index in [9.17, 15) is 14.3 Å². The van der Waals surface area contributed by atoms with E-state index in [0.29, 0.717) is 23.3 Å². The van der Waals surface area contributed by atoms with Gasteiger partial charge in [0.05, 0.1) is 16.5 Å². The number of ether oxygens (including phenoxy) is 1. The van der Waals surface area contributed by atoms with Gasteiger partial charge in [-0.1, -0.05) is 42.5 Å². The van der Waals surface area contributed by atoms with E-state index in [4.69, 9.17) is 4.74 Å². The average Bonchev–Trinajstić information content (AvgIpc) is 2.99. The van der Waals surface area contributed by atoms with Crippen LogP contribution in [0.5, 0.6) is 5.75 Å². The Kier molecular flexibility index (Phi) is 8.29. The molecule has 170 valence electrons. The van der Waals surface area contributed by atoms with Crippen LogP contribution in [0.1, 0.15) is 39.6 Å². The van der Waals surface area contributed by atoms with Crippen molar-refractivity contribution in [3.05, 3.63) is 107 Å². The summed E-state index contributed by atoms with van der Waals surface area (Å²) in [6.07, 6.45) is 3.86. The fraction of sp³-hybridized carbons (Fsp3) is 0.143. The van der Waals surface area contributed by atoms with Gasteiger partial charge < -0.3 is 14.6 Å². The molecular weight excluding hydrogens is 472 g/mol. The van der Waals surface area contributed by atoms with Crippen molar-refractivity contribution in [1.82, 2.24) is 4.98 Å². The van der Waals surface area contributed by atoms with Crippen LogP contribution >= 0.6 is 11.8 Å². The summed E-state index contributed by atoms with van der Waals surface area (Å²) in [5, 5.41) is 11.4. The molecule has 0 amide bonds. The van der Waals surface area contributed by atoms with Crippen LogP contribution < -0.4 is 39.4 Å². The van der Waals surface area contributed by atoms with Crippen LogP contribution in [-0.2, 0) is 11.4 Å². The second-order valence-corrected chi connectivity index (χ2v) is 9.25. The van der Waals surface area contributed by atoms with Gasteiger partial charge in [0.2, 0.25) is 0 Å². The Balaban J connectivity index is 0.00000289. The summed E-state index contributed by atoms with van der Waals surface area (Å²) in [4.78, 5) is 15.5. The van der Waals surface area contributed by atoms with E-state index in [1.807, 2.05) is 42.5 Å². The Morgan fingerprint density at radius 2 is 1.91 bits per heavy atom. The number of hydrogen-bond acceptors (Lipinski definition) is 5. The molecule has 3 aromatic carbocycles. The maximum Gasteiger partial charge on any atom is 1.00 e. The van der Waals surface area contributed by atoms with Crippen molar-refractivity contribution in [3.8, 4) is 5.75 Å². The van der Waals surface area contributed by atoms with Crippen LogP contribution in [0, 0.1) is 5.82 Å². The molecule has 4 nitrogen and oxygen atoms in total. The van der Waals surface area contributed by atoms with E-state index in [2.05, 4.69) is 17.1 Å². The van der Waals surface area contributed by atoms with Gasteiger partial charge >= 0.3 is 29.6 Å². The number of fused-ring (bicyclic) bond motifs is 3. The number of thioether (sulfide) groups is 1. The first-order chi connectivity index (χ1) is 16.6. The standard InChI is InChI=1S/C28H22FNO3S.Na/c29-24-6-3-7-25-22(24)12-11-20(30-25)10-8-18-9-13-26-23(16-18)28(34-15-14-27(31)32)21-5-2-1-4-19(21)17-33-26;/h1-13,16,28H,14-15,17H2,(H,31,32);/q;+1/p-1. The third-order valence-electron chi connectivity index (χ3n) is 5.77. The zero-order valence-corrected chi connectivity index (χ0v) is 22.1. The van der Waals surface area contributed by atoms with Gasteiger partial charge in [-0.3, -0.25) is 0 Å². The number of carbonyl (C=O) groups excluding carboxylic acids is 1. The number of aliphatic carboxylic acids is 1. The van der Waals surface area contributed by atoms with Gasteiger partial charge in [-0.05, 0) is 71.3 Å². The number of carboxylic acid groups (broad SMARTS) is 1. The van der Waals surface area contributed by atoms with Crippen LogP contribution in [-0.4, -0.2) is 16.7 Å². The second kappa shape index (κ2) is 11.4. The molecule has 2 heterocycles. The predicted octanol–water partition coefficient (Wildman–Crippen LogP) is 2.40. The second-order valence-electron chi connectivity index (χ2n) is 8.03. The molecule has 0 fully saturated rings. The maximum absolute atomic E-state index is 13.9. The Morgan fingerprint density at radius 1 is 1.06 bits per heavy atom. The number of halogens is 1. The molecule has 1 aromatic heterocycles. The normalized spacial score (nSPS) is 14.5. The van der Waals surface area contributed by atoms with Gasteiger partial charge in [0.25, 0.3) is 0 Å². The summed E-state index contributed by atoms with van der Waals surface area (Å²) < 4.78 is 20.0. The Labute approximate surface area is 229 Å². The molecule has 1 aliphatic heterocycles. The monoisotopic (exact) mass is 493 g/mol. The number of aromatic nitrogens is 1. The summed E-state index contributed by atoms with van der Waals surface area (Å²) in [5.74, 6) is -0.101. The molecule has 7 heteroatoms. The molecule has 5 rings (SSSR count). The molecule has 1 aliphatic rings. The van der Waals surface area contributed by atoms with Crippen LogP contribution in [0.4, 0.5) is 4.39 Å². The quantitative estimate of drug-likeness (QED) is 0.386. The molecular formula is C28H21FNNaO3S. The van der Waals surface area contributed by atoms with Crippen LogP contribution in [0.3, 0.4) is 0 Å². The van der Waals surface area contributed by atoms with E-state index in [1.54, 1.807) is 36.0 Å². The zero-order valence-electron chi connectivity index (χ0n) is 19.2.